The molecule has 1 unspecified atom stereocenters. The van der Waals surface area contributed by atoms with Crippen molar-refractivity contribution in [3.05, 3.63) is 71.7 Å². The lowest BCUT2D eigenvalue weighted by molar-refractivity contribution is -0.127. The first-order valence-corrected chi connectivity index (χ1v) is 9.04. The molecule has 1 amide bonds. The first-order chi connectivity index (χ1) is 12.7. The van der Waals surface area contributed by atoms with Crippen molar-refractivity contribution in [3.63, 3.8) is 0 Å². The molecule has 2 aromatic heterocycles. The van der Waals surface area contributed by atoms with Crippen LogP contribution in [0.15, 0.2) is 54.7 Å². The number of carbonyl (C=O) groups excluding carboxylic acids is 1. The van der Waals surface area contributed by atoms with Crippen LogP contribution in [-0.4, -0.2) is 38.5 Å². The van der Waals surface area contributed by atoms with Gasteiger partial charge in [0.1, 0.15) is 5.82 Å². The highest BCUT2D eigenvalue weighted by molar-refractivity contribution is 5.91. The molecule has 3 aromatic rings. The maximum atomic E-state index is 12.6. The molecule has 0 bridgehead atoms. The molecule has 0 saturated carbocycles. The fraction of sp³-hybridized carbons (Fsp3) is 0.286. The molecule has 132 valence electrons. The average Bonchev–Trinajstić information content (AvgIpc) is 3.11. The molecule has 1 atom stereocenters. The number of rotatable bonds is 3. The van der Waals surface area contributed by atoms with Crippen LogP contribution >= 0.6 is 0 Å². The van der Waals surface area contributed by atoms with E-state index < -0.39 is 0 Å². The third-order valence-corrected chi connectivity index (χ3v) is 4.93. The zero-order chi connectivity index (χ0) is 17.9. The summed E-state index contributed by atoms with van der Waals surface area (Å²) in [6.07, 6.45) is 7.56. The second-order valence-electron chi connectivity index (χ2n) is 6.85. The Balaban J connectivity index is 1.47. The van der Waals surface area contributed by atoms with Crippen molar-refractivity contribution in [2.45, 2.75) is 25.7 Å². The maximum absolute atomic E-state index is 12.6. The number of carbonyl (C=O) groups is 1. The molecular formula is C21H22N4O. The van der Waals surface area contributed by atoms with Crippen molar-refractivity contribution in [1.82, 2.24) is 19.5 Å². The van der Waals surface area contributed by atoms with Gasteiger partial charge in [-0.1, -0.05) is 35.9 Å². The molecule has 5 heteroatoms. The molecule has 1 saturated heterocycles. The van der Waals surface area contributed by atoms with Gasteiger partial charge >= 0.3 is 0 Å². The third-order valence-electron chi connectivity index (χ3n) is 4.93. The van der Waals surface area contributed by atoms with E-state index in [0.717, 1.165) is 36.4 Å². The van der Waals surface area contributed by atoms with Gasteiger partial charge in [0.25, 0.3) is 0 Å². The van der Waals surface area contributed by atoms with E-state index in [1.807, 2.05) is 51.9 Å². The van der Waals surface area contributed by atoms with Crippen molar-refractivity contribution in [2.24, 2.45) is 0 Å². The standard InChI is InChI=1S/C21H22N4O/c1-16-7-9-17(10-8-16)11-12-20(26)24-13-4-5-18(15-24)21-23-22-19-6-2-3-14-25(19)21/h2-3,6-12,14,18H,4-5,13,15H2,1H3/b12-11+. The molecule has 26 heavy (non-hydrogen) atoms. The Kier molecular flexibility index (Phi) is 4.52. The number of aromatic nitrogens is 3. The lowest BCUT2D eigenvalue weighted by Gasteiger charge is -2.31. The second-order valence-corrected chi connectivity index (χ2v) is 6.85. The van der Waals surface area contributed by atoms with E-state index in [-0.39, 0.29) is 11.8 Å². The van der Waals surface area contributed by atoms with Gasteiger partial charge in [-0.2, -0.15) is 0 Å². The number of likely N-dealkylation sites (tertiary alicyclic amines) is 1. The highest BCUT2D eigenvalue weighted by Gasteiger charge is 2.26. The van der Waals surface area contributed by atoms with E-state index in [1.54, 1.807) is 6.08 Å². The number of hydrogen-bond donors (Lipinski definition) is 0. The van der Waals surface area contributed by atoms with E-state index in [1.165, 1.54) is 5.56 Å². The highest BCUT2D eigenvalue weighted by atomic mass is 16.2. The quantitative estimate of drug-likeness (QED) is 0.683. The van der Waals surface area contributed by atoms with E-state index >= 15 is 0 Å². The zero-order valence-electron chi connectivity index (χ0n) is 14.9. The number of piperidine rings is 1. The normalized spacial score (nSPS) is 17.9. The molecule has 3 heterocycles. The molecule has 1 aliphatic heterocycles. The van der Waals surface area contributed by atoms with Crippen molar-refractivity contribution >= 4 is 17.6 Å². The van der Waals surface area contributed by atoms with Crippen LogP contribution < -0.4 is 0 Å². The molecule has 4 rings (SSSR count). The van der Waals surface area contributed by atoms with Crippen LogP contribution in [0.2, 0.25) is 0 Å². The zero-order valence-corrected chi connectivity index (χ0v) is 14.9. The lowest BCUT2D eigenvalue weighted by Crippen LogP contribution is -2.38. The van der Waals surface area contributed by atoms with Gasteiger partial charge in [0.15, 0.2) is 5.65 Å². The molecule has 5 nitrogen and oxygen atoms in total. The number of benzene rings is 1. The van der Waals surface area contributed by atoms with Crippen LogP contribution in [0.1, 0.15) is 35.7 Å². The van der Waals surface area contributed by atoms with Gasteiger partial charge < -0.3 is 4.90 Å². The minimum atomic E-state index is 0.0593. The highest BCUT2D eigenvalue weighted by Crippen LogP contribution is 2.26. The molecular weight excluding hydrogens is 324 g/mol. The van der Waals surface area contributed by atoms with E-state index in [0.29, 0.717) is 6.54 Å². The van der Waals surface area contributed by atoms with E-state index in [9.17, 15) is 4.79 Å². The predicted molar refractivity (Wildman–Crippen MR) is 102 cm³/mol. The van der Waals surface area contributed by atoms with Crippen LogP contribution in [0, 0.1) is 6.92 Å². The smallest absolute Gasteiger partial charge is 0.246 e. The van der Waals surface area contributed by atoms with Crippen LogP contribution in [0.25, 0.3) is 11.7 Å². The Hall–Kier alpha value is -2.95. The summed E-state index contributed by atoms with van der Waals surface area (Å²) in [6, 6.07) is 14.1. The SMILES string of the molecule is Cc1ccc(/C=C/C(=O)N2CCCC(c3nnc4ccccn34)C2)cc1. The summed E-state index contributed by atoms with van der Waals surface area (Å²) < 4.78 is 2.03. The summed E-state index contributed by atoms with van der Waals surface area (Å²) in [5.74, 6) is 1.22. The number of nitrogens with zero attached hydrogens (tertiary/aromatic N) is 4. The van der Waals surface area contributed by atoms with Gasteiger partial charge in [0, 0.05) is 31.3 Å². The molecule has 0 spiro atoms. The molecule has 0 aliphatic carbocycles. The summed E-state index contributed by atoms with van der Waals surface area (Å²) in [5.41, 5.74) is 3.11. The average molecular weight is 346 g/mol. The minimum Gasteiger partial charge on any atom is -0.338 e. The van der Waals surface area contributed by atoms with E-state index in [4.69, 9.17) is 0 Å². The largest absolute Gasteiger partial charge is 0.338 e. The van der Waals surface area contributed by atoms with Gasteiger partial charge in [-0.3, -0.25) is 9.20 Å². The fourth-order valence-corrected chi connectivity index (χ4v) is 3.48. The molecule has 0 radical (unpaired) electrons. The van der Waals surface area contributed by atoms with Crippen molar-refractivity contribution in [1.29, 1.82) is 0 Å². The van der Waals surface area contributed by atoms with Gasteiger partial charge in [-0.05, 0) is 43.5 Å². The topological polar surface area (TPSA) is 50.5 Å². The summed E-state index contributed by atoms with van der Waals surface area (Å²) in [7, 11) is 0. The minimum absolute atomic E-state index is 0.0593. The van der Waals surface area contributed by atoms with Crippen LogP contribution in [-0.2, 0) is 4.79 Å². The Labute approximate surface area is 153 Å². The van der Waals surface area contributed by atoms with Gasteiger partial charge in [-0.15, -0.1) is 10.2 Å². The van der Waals surface area contributed by atoms with E-state index in [2.05, 4.69) is 29.3 Å². The summed E-state index contributed by atoms with van der Waals surface area (Å²) in [4.78, 5) is 14.5. The van der Waals surface area contributed by atoms with Crippen molar-refractivity contribution < 1.29 is 4.79 Å². The van der Waals surface area contributed by atoms with Crippen LogP contribution in [0.5, 0.6) is 0 Å². The Morgan fingerprint density at radius 3 is 2.85 bits per heavy atom. The molecule has 1 fully saturated rings. The van der Waals surface area contributed by atoms with Crippen molar-refractivity contribution in [2.75, 3.05) is 13.1 Å². The molecule has 1 aliphatic rings. The molecule has 1 aromatic carbocycles. The fourth-order valence-electron chi connectivity index (χ4n) is 3.48. The van der Waals surface area contributed by atoms with Crippen LogP contribution in [0.3, 0.4) is 0 Å². The lowest BCUT2D eigenvalue weighted by atomic mass is 9.97. The number of hydrogen-bond acceptors (Lipinski definition) is 3. The summed E-state index contributed by atoms with van der Waals surface area (Å²) in [5, 5.41) is 8.61. The first-order valence-electron chi connectivity index (χ1n) is 9.04. The first kappa shape index (κ1) is 16.5. The Bertz CT molecular complexity index is 942. The third kappa shape index (κ3) is 3.38. The number of amides is 1. The monoisotopic (exact) mass is 346 g/mol. The molecule has 0 N–H and O–H groups in total. The van der Waals surface area contributed by atoms with Gasteiger partial charge in [0.05, 0.1) is 0 Å². The number of pyridine rings is 1. The Morgan fingerprint density at radius 2 is 2.00 bits per heavy atom. The van der Waals surface area contributed by atoms with Crippen LogP contribution in [0.4, 0.5) is 0 Å². The van der Waals surface area contributed by atoms with Crippen molar-refractivity contribution in [3.8, 4) is 0 Å². The number of fused-ring (bicyclic) bond motifs is 1. The maximum Gasteiger partial charge on any atom is 0.246 e. The van der Waals surface area contributed by atoms with Gasteiger partial charge in [-0.25, -0.2) is 0 Å². The Morgan fingerprint density at radius 1 is 1.15 bits per heavy atom. The predicted octanol–water partition coefficient (Wildman–Crippen LogP) is 3.46. The second kappa shape index (κ2) is 7.12. The van der Waals surface area contributed by atoms with Gasteiger partial charge in [0.2, 0.25) is 5.91 Å². The summed E-state index contributed by atoms with van der Waals surface area (Å²) in [6.45, 7) is 3.54. The summed E-state index contributed by atoms with van der Waals surface area (Å²) >= 11 is 0. The number of aryl methyl sites for hydroxylation is 1.